The average Bonchev–Trinajstić information content (AvgIpc) is 3.09. The first-order valence-corrected chi connectivity index (χ1v) is 8.82. The largest absolute Gasteiger partial charge is 0.328 e. The number of aromatic nitrogens is 3. The number of aryl methyl sites for hydroxylation is 1. The summed E-state index contributed by atoms with van der Waals surface area (Å²) in [6, 6.07) is 5.13. The zero-order valence-corrected chi connectivity index (χ0v) is 15.8. The van der Waals surface area contributed by atoms with Crippen LogP contribution in [0.4, 0.5) is 0 Å². The first-order chi connectivity index (χ1) is 12.4. The van der Waals surface area contributed by atoms with E-state index in [1.165, 1.54) is 4.57 Å². The molecule has 0 unspecified atom stereocenters. The van der Waals surface area contributed by atoms with Crippen LogP contribution in [0.15, 0.2) is 29.2 Å². The van der Waals surface area contributed by atoms with E-state index in [4.69, 9.17) is 0 Å². The maximum atomic E-state index is 13.0. The molecule has 0 N–H and O–H groups in total. The number of amides is 1. The molecule has 1 atom stereocenters. The molecule has 7 heteroatoms. The molecular weight excluding hydrogens is 330 g/mol. The Kier molecular flexibility index (Phi) is 5.18. The second kappa shape index (κ2) is 7.37. The van der Waals surface area contributed by atoms with Gasteiger partial charge in [-0.1, -0.05) is 0 Å². The number of carbonyl (C=O) groups is 1. The van der Waals surface area contributed by atoms with Crippen molar-refractivity contribution in [2.45, 2.75) is 32.4 Å². The maximum Gasteiger partial charge on any atom is 0.263 e. The second-order valence-electron chi connectivity index (χ2n) is 7.05. The van der Waals surface area contributed by atoms with Gasteiger partial charge in [-0.2, -0.15) is 0 Å². The van der Waals surface area contributed by atoms with E-state index in [9.17, 15) is 9.59 Å². The van der Waals surface area contributed by atoms with E-state index in [0.29, 0.717) is 18.9 Å². The summed E-state index contributed by atoms with van der Waals surface area (Å²) in [7, 11) is 5.66. The molecule has 138 valence electrons. The van der Waals surface area contributed by atoms with Gasteiger partial charge in [0.05, 0.1) is 11.7 Å². The molecule has 3 rings (SSSR count). The normalized spacial score (nSPS) is 17.1. The molecule has 26 heavy (non-hydrogen) atoms. The zero-order valence-electron chi connectivity index (χ0n) is 15.8. The molecular formula is C19H25N5O2. The molecule has 1 saturated heterocycles. The smallest absolute Gasteiger partial charge is 0.263 e. The van der Waals surface area contributed by atoms with Crippen molar-refractivity contribution in [1.29, 1.82) is 0 Å². The molecule has 0 spiro atoms. The van der Waals surface area contributed by atoms with Crippen LogP contribution in [-0.4, -0.2) is 50.9 Å². The lowest BCUT2D eigenvalue weighted by Gasteiger charge is -2.24. The minimum Gasteiger partial charge on any atom is -0.328 e. The van der Waals surface area contributed by atoms with Gasteiger partial charge in [-0.05, 0) is 52.1 Å². The number of likely N-dealkylation sites (tertiary alicyclic amines) is 1. The minimum atomic E-state index is -0.261. The summed E-state index contributed by atoms with van der Waals surface area (Å²) in [6.07, 6.45) is 3.43. The standard InChI is InChI=1S/C19H25N5O2/c1-13-7-8-15(18(25)23(13)4)19(26)24-11-5-6-16(24)17-20-10-9-14(21-17)12-22(2)3/h7-10,16H,5-6,11-12H2,1-4H3/t16-/m0/s1. The molecule has 2 aromatic heterocycles. The third kappa shape index (κ3) is 3.53. The molecule has 0 bridgehead atoms. The number of rotatable bonds is 4. The van der Waals surface area contributed by atoms with E-state index >= 15 is 0 Å². The van der Waals surface area contributed by atoms with Crippen LogP contribution in [-0.2, 0) is 13.6 Å². The summed E-state index contributed by atoms with van der Waals surface area (Å²) in [5.74, 6) is 0.411. The second-order valence-corrected chi connectivity index (χ2v) is 7.05. The monoisotopic (exact) mass is 355 g/mol. The van der Waals surface area contributed by atoms with E-state index in [1.807, 2.05) is 32.0 Å². The summed E-state index contributed by atoms with van der Waals surface area (Å²) in [4.78, 5) is 38.3. The van der Waals surface area contributed by atoms with E-state index in [0.717, 1.165) is 24.2 Å². The summed E-state index contributed by atoms with van der Waals surface area (Å²) >= 11 is 0. The van der Waals surface area contributed by atoms with Crippen LogP contribution in [0.2, 0.25) is 0 Å². The molecule has 7 nitrogen and oxygen atoms in total. The van der Waals surface area contributed by atoms with Gasteiger partial charge in [0.25, 0.3) is 11.5 Å². The van der Waals surface area contributed by atoms with Crippen molar-refractivity contribution in [2.24, 2.45) is 7.05 Å². The lowest BCUT2D eigenvalue weighted by atomic mass is 10.1. The molecule has 3 heterocycles. The summed E-state index contributed by atoms with van der Waals surface area (Å²) < 4.78 is 1.51. The van der Waals surface area contributed by atoms with Crippen LogP contribution in [0.3, 0.4) is 0 Å². The Labute approximate surface area is 153 Å². The third-order valence-corrected chi connectivity index (χ3v) is 4.81. The molecule has 1 amide bonds. The first kappa shape index (κ1) is 18.3. The van der Waals surface area contributed by atoms with Gasteiger partial charge in [0.1, 0.15) is 5.56 Å². The Morgan fingerprint density at radius 2 is 2.08 bits per heavy atom. The van der Waals surface area contributed by atoms with Crippen molar-refractivity contribution in [3.8, 4) is 0 Å². The Balaban J connectivity index is 1.90. The highest BCUT2D eigenvalue weighted by molar-refractivity contribution is 5.94. The van der Waals surface area contributed by atoms with Gasteiger partial charge in [-0.15, -0.1) is 0 Å². The van der Waals surface area contributed by atoms with E-state index < -0.39 is 0 Å². The van der Waals surface area contributed by atoms with Gasteiger partial charge in [-0.3, -0.25) is 9.59 Å². The van der Waals surface area contributed by atoms with Crippen molar-refractivity contribution in [3.05, 3.63) is 57.5 Å². The van der Waals surface area contributed by atoms with Crippen LogP contribution in [0.1, 0.15) is 46.5 Å². The molecule has 0 saturated carbocycles. The average molecular weight is 355 g/mol. The van der Waals surface area contributed by atoms with Crippen LogP contribution in [0.5, 0.6) is 0 Å². The number of nitrogens with zero attached hydrogens (tertiary/aromatic N) is 5. The fourth-order valence-corrected chi connectivity index (χ4v) is 3.31. The van der Waals surface area contributed by atoms with Crippen LogP contribution < -0.4 is 5.56 Å². The van der Waals surface area contributed by atoms with Crippen LogP contribution >= 0.6 is 0 Å². The highest BCUT2D eigenvalue weighted by Crippen LogP contribution is 2.30. The zero-order chi connectivity index (χ0) is 18.8. The van der Waals surface area contributed by atoms with Gasteiger partial charge in [0, 0.05) is 32.0 Å². The van der Waals surface area contributed by atoms with Crippen molar-refractivity contribution in [2.75, 3.05) is 20.6 Å². The van der Waals surface area contributed by atoms with Crippen LogP contribution in [0.25, 0.3) is 0 Å². The van der Waals surface area contributed by atoms with Crippen molar-refractivity contribution < 1.29 is 4.79 Å². The van der Waals surface area contributed by atoms with E-state index in [-0.39, 0.29) is 23.1 Å². The Bertz CT molecular complexity index is 874. The number of hydrogen-bond acceptors (Lipinski definition) is 5. The summed E-state index contributed by atoms with van der Waals surface area (Å²) in [5, 5.41) is 0. The molecule has 1 aliphatic rings. The quantitative estimate of drug-likeness (QED) is 0.832. The molecule has 0 aromatic carbocycles. The first-order valence-electron chi connectivity index (χ1n) is 8.82. The number of carbonyl (C=O) groups excluding carboxylic acids is 1. The van der Waals surface area contributed by atoms with Gasteiger partial charge in [0.15, 0.2) is 5.82 Å². The van der Waals surface area contributed by atoms with Gasteiger partial charge in [0.2, 0.25) is 0 Å². The molecule has 1 fully saturated rings. The Hall–Kier alpha value is -2.54. The highest BCUT2D eigenvalue weighted by atomic mass is 16.2. The highest BCUT2D eigenvalue weighted by Gasteiger charge is 2.33. The van der Waals surface area contributed by atoms with E-state index in [1.54, 1.807) is 30.3 Å². The molecule has 0 aliphatic carbocycles. The van der Waals surface area contributed by atoms with Crippen LogP contribution in [0, 0.1) is 6.92 Å². The molecule has 1 aliphatic heterocycles. The number of pyridine rings is 1. The summed E-state index contributed by atoms with van der Waals surface area (Å²) in [5.41, 5.74) is 1.69. The van der Waals surface area contributed by atoms with Crippen molar-refractivity contribution in [1.82, 2.24) is 24.3 Å². The topological polar surface area (TPSA) is 71.3 Å². The molecule has 0 radical (unpaired) electrons. The SMILES string of the molecule is Cc1ccc(C(=O)N2CCC[C@H]2c2nccc(CN(C)C)n2)c(=O)n1C. The van der Waals surface area contributed by atoms with Crippen molar-refractivity contribution >= 4 is 5.91 Å². The molecule has 2 aromatic rings. The lowest BCUT2D eigenvalue weighted by molar-refractivity contribution is 0.0727. The Morgan fingerprint density at radius 1 is 1.31 bits per heavy atom. The van der Waals surface area contributed by atoms with Gasteiger partial charge in [-0.25, -0.2) is 9.97 Å². The minimum absolute atomic E-state index is 0.185. The lowest BCUT2D eigenvalue weighted by Crippen LogP contribution is -2.36. The van der Waals surface area contributed by atoms with E-state index in [2.05, 4.69) is 9.97 Å². The fraction of sp³-hybridized carbons (Fsp3) is 0.474. The number of hydrogen-bond donors (Lipinski definition) is 0. The van der Waals surface area contributed by atoms with Crippen molar-refractivity contribution in [3.63, 3.8) is 0 Å². The third-order valence-electron chi connectivity index (χ3n) is 4.81. The predicted molar refractivity (Wildman–Crippen MR) is 98.9 cm³/mol. The van der Waals surface area contributed by atoms with Gasteiger partial charge < -0.3 is 14.4 Å². The fourth-order valence-electron chi connectivity index (χ4n) is 3.31. The Morgan fingerprint density at radius 3 is 2.81 bits per heavy atom. The predicted octanol–water partition coefficient (Wildman–Crippen LogP) is 1.52. The summed E-state index contributed by atoms with van der Waals surface area (Å²) in [6.45, 7) is 3.18. The maximum absolute atomic E-state index is 13.0. The van der Waals surface area contributed by atoms with Gasteiger partial charge >= 0.3 is 0 Å².